The molecule has 8 heteroatoms. The van der Waals surface area contributed by atoms with Crippen molar-refractivity contribution in [2.24, 2.45) is 0 Å². The molecule has 210 valence electrons. The van der Waals surface area contributed by atoms with Crippen LogP contribution in [0.5, 0.6) is 0 Å². The van der Waals surface area contributed by atoms with Crippen molar-refractivity contribution in [2.75, 3.05) is 36.2 Å². The first-order chi connectivity index (χ1) is 20.6. The number of hydrogen-bond donors (Lipinski definition) is 0. The number of benzene rings is 2. The lowest BCUT2D eigenvalue weighted by Gasteiger charge is -2.23. The van der Waals surface area contributed by atoms with Crippen LogP contribution in [0, 0.1) is 13.8 Å². The fraction of sp³-hybridized carbons (Fsp3) is 0.235. The summed E-state index contributed by atoms with van der Waals surface area (Å²) in [4.78, 5) is 18.4. The van der Waals surface area contributed by atoms with Crippen molar-refractivity contribution >= 4 is 55.5 Å². The van der Waals surface area contributed by atoms with Crippen LogP contribution in [0.1, 0.15) is 24.2 Å². The van der Waals surface area contributed by atoms with Gasteiger partial charge in [0.1, 0.15) is 0 Å². The Kier molecular flexibility index (Phi) is 5.80. The number of pyridine rings is 2. The number of furan rings is 2. The van der Waals surface area contributed by atoms with Gasteiger partial charge in [-0.1, -0.05) is 24.3 Å². The van der Waals surface area contributed by atoms with Gasteiger partial charge in [0, 0.05) is 70.8 Å². The van der Waals surface area contributed by atoms with E-state index in [4.69, 9.17) is 8.83 Å². The summed E-state index contributed by atoms with van der Waals surface area (Å²) in [6.45, 7) is 7.63. The van der Waals surface area contributed by atoms with Crippen LogP contribution >= 0.6 is 0 Å². The van der Waals surface area contributed by atoms with Gasteiger partial charge in [0.15, 0.2) is 11.2 Å². The molecule has 0 atom stereocenters. The van der Waals surface area contributed by atoms with Gasteiger partial charge in [-0.05, 0) is 63.1 Å². The number of rotatable bonds is 7. The first-order valence-corrected chi connectivity index (χ1v) is 14.6. The molecule has 0 radical (unpaired) electrons. The lowest BCUT2D eigenvalue weighted by molar-refractivity contribution is 0.354. The van der Waals surface area contributed by atoms with E-state index in [0.29, 0.717) is 11.4 Å². The van der Waals surface area contributed by atoms with Crippen molar-refractivity contribution in [3.8, 4) is 0 Å². The molecule has 0 unspecified atom stereocenters. The van der Waals surface area contributed by atoms with E-state index in [1.807, 2.05) is 26.0 Å². The second-order valence-electron chi connectivity index (χ2n) is 11.3. The molecule has 0 amide bonds. The molecule has 6 heterocycles. The van der Waals surface area contributed by atoms with E-state index in [1.165, 1.54) is 0 Å². The highest BCUT2D eigenvalue weighted by atomic mass is 16.3. The Morgan fingerprint density at radius 2 is 1.05 bits per heavy atom. The maximum atomic E-state index is 6.22. The summed E-state index contributed by atoms with van der Waals surface area (Å²) in [5.74, 6) is 0. The lowest BCUT2D eigenvalue weighted by atomic mass is 10.1. The lowest BCUT2D eigenvalue weighted by Crippen LogP contribution is -2.28. The molecular weight excluding hydrogens is 524 g/mol. The van der Waals surface area contributed by atoms with Gasteiger partial charge in [0.2, 0.25) is 11.4 Å². The molecule has 2 aromatic carbocycles. The molecule has 8 nitrogen and oxygen atoms in total. The zero-order valence-corrected chi connectivity index (χ0v) is 23.8. The first-order valence-electron chi connectivity index (χ1n) is 14.6. The minimum absolute atomic E-state index is 0.702. The van der Waals surface area contributed by atoms with Gasteiger partial charge in [-0.3, -0.25) is 0 Å². The summed E-state index contributed by atoms with van der Waals surface area (Å²) < 4.78 is 12.4. The molecule has 2 aliphatic heterocycles. The Hall–Kier alpha value is -4.98. The third-order valence-electron chi connectivity index (χ3n) is 8.31. The predicted molar refractivity (Wildman–Crippen MR) is 168 cm³/mol. The van der Waals surface area contributed by atoms with Crippen LogP contribution in [-0.2, 0) is 0 Å². The maximum absolute atomic E-state index is 6.22. The molecule has 4 aromatic heterocycles. The topological polar surface area (TPSA) is 65.0 Å². The highest BCUT2D eigenvalue weighted by Crippen LogP contribution is 2.37. The SMILES string of the molecule is Cc1ccc2c(n1)oc1c(N3C=CN(CCCCN4C=CN(c5cccc6c5oc5nc(C)ccc56)C4)C3)cccc12. The predicted octanol–water partition coefficient (Wildman–Crippen LogP) is 7.47. The molecule has 0 spiro atoms. The Bertz CT molecular complexity index is 1880. The van der Waals surface area contributed by atoms with Crippen molar-refractivity contribution in [1.29, 1.82) is 0 Å². The number of nitrogens with zero attached hydrogens (tertiary/aromatic N) is 6. The molecule has 0 saturated heterocycles. The van der Waals surface area contributed by atoms with Crippen LogP contribution in [0.2, 0.25) is 0 Å². The molecule has 2 aliphatic rings. The van der Waals surface area contributed by atoms with Gasteiger partial charge >= 0.3 is 0 Å². The van der Waals surface area contributed by atoms with Gasteiger partial charge in [0.05, 0.1) is 24.7 Å². The van der Waals surface area contributed by atoms with Crippen molar-refractivity contribution in [1.82, 2.24) is 19.8 Å². The number of aromatic nitrogens is 2. The van der Waals surface area contributed by atoms with Crippen LogP contribution in [0.4, 0.5) is 11.4 Å². The summed E-state index contributed by atoms with van der Waals surface area (Å²) in [5, 5.41) is 4.34. The quantitative estimate of drug-likeness (QED) is 0.188. The number of unbranched alkanes of at least 4 members (excludes halogenated alkanes) is 1. The molecule has 8 rings (SSSR count). The Morgan fingerprint density at radius 1 is 0.571 bits per heavy atom. The highest BCUT2D eigenvalue weighted by molar-refractivity contribution is 6.09. The first kappa shape index (κ1) is 24.8. The maximum Gasteiger partial charge on any atom is 0.227 e. The van der Waals surface area contributed by atoms with Gasteiger partial charge in [-0.25, -0.2) is 9.97 Å². The van der Waals surface area contributed by atoms with Gasteiger partial charge < -0.3 is 28.4 Å². The van der Waals surface area contributed by atoms with Crippen LogP contribution in [0.15, 0.2) is 94.3 Å². The van der Waals surface area contributed by atoms with Crippen LogP contribution < -0.4 is 9.80 Å². The summed E-state index contributed by atoms with van der Waals surface area (Å²) >= 11 is 0. The smallest absolute Gasteiger partial charge is 0.227 e. The second kappa shape index (κ2) is 9.83. The van der Waals surface area contributed by atoms with E-state index in [2.05, 4.69) is 103 Å². The van der Waals surface area contributed by atoms with E-state index in [9.17, 15) is 0 Å². The molecule has 42 heavy (non-hydrogen) atoms. The Labute approximate surface area is 243 Å². The molecular formula is C34H32N6O2. The standard InChI is InChI=1S/C34H32N6O2/c1-23-11-13-27-25-7-5-9-29(31(25)41-33(27)35-23)39-19-17-37(21-39)15-3-4-16-38-18-20-40(22-38)30-10-6-8-26-28-14-12-24(2)36-34(28)42-32(26)30/h5-14,17-20H,3-4,15-16,21-22H2,1-2H3. The van der Waals surface area contributed by atoms with E-state index < -0.39 is 0 Å². The van der Waals surface area contributed by atoms with Crippen LogP contribution in [0.25, 0.3) is 44.1 Å². The van der Waals surface area contributed by atoms with E-state index in [1.54, 1.807) is 0 Å². The van der Waals surface area contributed by atoms with Crippen molar-refractivity contribution < 1.29 is 8.83 Å². The zero-order valence-electron chi connectivity index (χ0n) is 23.8. The molecule has 0 fully saturated rings. The average molecular weight is 557 g/mol. The van der Waals surface area contributed by atoms with Crippen molar-refractivity contribution in [2.45, 2.75) is 26.7 Å². The highest BCUT2D eigenvalue weighted by Gasteiger charge is 2.21. The number of para-hydroxylation sites is 2. The third-order valence-corrected chi connectivity index (χ3v) is 8.31. The monoisotopic (exact) mass is 556 g/mol. The van der Waals surface area contributed by atoms with Gasteiger partial charge in [0.25, 0.3) is 0 Å². The molecule has 0 aliphatic carbocycles. The number of anilines is 2. The van der Waals surface area contributed by atoms with Crippen molar-refractivity contribution in [3.63, 3.8) is 0 Å². The fourth-order valence-electron chi connectivity index (χ4n) is 6.13. The average Bonchev–Trinajstić information content (AvgIpc) is 3.79. The van der Waals surface area contributed by atoms with Crippen molar-refractivity contribution in [3.05, 3.63) is 96.9 Å². The summed E-state index contributed by atoms with van der Waals surface area (Å²) in [7, 11) is 0. The Balaban J connectivity index is 0.870. The fourth-order valence-corrected chi connectivity index (χ4v) is 6.13. The number of fused-ring (bicyclic) bond motifs is 6. The van der Waals surface area contributed by atoms with Gasteiger partial charge in [-0.15, -0.1) is 0 Å². The number of aryl methyl sites for hydroxylation is 2. The van der Waals surface area contributed by atoms with E-state index >= 15 is 0 Å². The second-order valence-corrected chi connectivity index (χ2v) is 11.3. The Morgan fingerprint density at radius 3 is 1.52 bits per heavy atom. The number of hydrogen-bond acceptors (Lipinski definition) is 8. The van der Waals surface area contributed by atoms with Gasteiger partial charge in [-0.2, -0.15) is 0 Å². The van der Waals surface area contributed by atoms with Crippen LogP contribution in [-0.4, -0.2) is 46.2 Å². The summed E-state index contributed by atoms with van der Waals surface area (Å²) in [6, 6.07) is 21.0. The van der Waals surface area contributed by atoms with Crippen LogP contribution in [0.3, 0.4) is 0 Å². The molecule has 6 aromatic rings. The largest absolute Gasteiger partial charge is 0.435 e. The van der Waals surface area contributed by atoms with E-state index in [-0.39, 0.29) is 0 Å². The molecule has 0 bridgehead atoms. The summed E-state index contributed by atoms with van der Waals surface area (Å²) in [5.41, 5.74) is 7.28. The van der Waals surface area contributed by atoms with E-state index in [0.717, 1.165) is 94.7 Å². The molecule has 0 saturated carbocycles. The molecule has 0 N–H and O–H groups in total. The third kappa shape index (κ3) is 4.22. The zero-order chi connectivity index (χ0) is 28.2. The minimum atomic E-state index is 0.702. The minimum Gasteiger partial charge on any atom is -0.435 e. The summed E-state index contributed by atoms with van der Waals surface area (Å²) in [6.07, 6.45) is 10.9. The normalized spacial score (nSPS) is 15.2.